The molecule has 2 N–H and O–H groups in total. The summed E-state index contributed by atoms with van der Waals surface area (Å²) >= 11 is 0. The summed E-state index contributed by atoms with van der Waals surface area (Å²) in [4.78, 5) is 35.0. The number of rotatable bonds is 14. The minimum absolute atomic E-state index is 0.0240. The van der Waals surface area contributed by atoms with Crippen molar-refractivity contribution in [2.45, 2.75) is 52.9 Å². The second kappa shape index (κ2) is 14.9. The molecule has 0 heterocycles. The number of carboxylic acid groups (broad SMARTS) is 1. The number of carbonyl (C=O) groups is 3. The molecule has 0 aliphatic rings. The first-order valence-electron chi connectivity index (χ1n) is 11.0. The lowest BCUT2D eigenvalue weighted by Crippen LogP contribution is -2.33. The van der Waals surface area contributed by atoms with Crippen LogP contribution >= 0.6 is 0 Å². The Bertz CT molecular complexity index is 774. The number of unbranched alkanes of at least 4 members (excludes halogenated alkanes) is 2. The van der Waals surface area contributed by atoms with Gasteiger partial charge in [-0.2, -0.15) is 0 Å². The standard InChI is InChI=1S/C24H35NO7/c1-5-6-7-12-31-23(28)11-9-18-8-10-20(21(14-18)30-4)32-24(29)25-16-19(13-17(2)3)15-22(26)27/h8-11,14,17,19H,5-7,12-13,15-16H2,1-4H3,(H,25,29)(H,26,27)/b11-9+/t19-/m0/s1. The van der Waals surface area contributed by atoms with Gasteiger partial charge in [0, 0.05) is 19.0 Å². The van der Waals surface area contributed by atoms with Gasteiger partial charge in [0.15, 0.2) is 11.5 Å². The van der Waals surface area contributed by atoms with Gasteiger partial charge >= 0.3 is 18.0 Å². The third kappa shape index (κ3) is 11.4. The highest BCUT2D eigenvalue weighted by molar-refractivity contribution is 5.87. The van der Waals surface area contributed by atoms with Crippen molar-refractivity contribution >= 4 is 24.1 Å². The van der Waals surface area contributed by atoms with Crippen LogP contribution in [0.4, 0.5) is 4.79 Å². The summed E-state index contributed by atoms with van der Waals surface area (Å²) in [6.07, 6.45) is 5.81. The number of methoxy groups -OCH3 is 1. The van der Waals surface area contributed by atoms with Gasteiger partial charge in [-0.15, -0.1) is 0 Å². The average molecular weight is 450 g/mol. The molecule has 0 saturated heterocycles. The SMILES string of the molecule is CCCCCOC(=O)/C=C/c1ccc(OC(=O)NC[C@H](CC(=O)O)CC(C)C)c(OC)c1. The number of amides is 1. The number of esters is 1. The molecule has 0 aliphatic carbocycles. The summed E-state index contributed by atoms with van der Waals surface area (Å²) in [7, 11) is 1.45. The van der Waals surface area contributed by atoms with Gasteiger partial charge in [0.2, 0.25) is 0 Å². The van der Waals surface area contributed by atoms with E-state index in [1.54, 1.807) is 24.3 Å². The predicted octanol–water partition coefficient (Wildman–Crippen LogP) is 4.67. The van der Waals surface area contributed by atoms with Crippen molar-refractivity contribution in [2.75, 3.05) is 20.3 Å². The molecule has 0 spiro atoms. The van der Waals surface area contributed by atoms with Crippen LogP contribution in [0, 0.1) is 11.8 Å². The number of ether oxygens (including phenoxy) is 3. The zero-order valence-corrected chi connectivity index (χ0v) is 19.4. The van der Waals surface area contributed by atoms with Crippen molar-refractivity contribution in [3.8, 4) is 11.5 Å². The number of nitrogens with one attached hydrogen (secondary N) is 1. The predicted molar refractivity (Wildman–Crippen MR) is 122 cm³/mol. The van der Waals surface area contributed by atoms with Crippen LogP contribution in [-0.4, -0.2) is 43.4 Å². The van der Waals surface area contributed by atoms with Crippen LogP contribution in [0.25, 0.3) is 6.08 Å². The van der Waals surface area contributed by atoms with Gasteiger partial charge in [-0.05, 0) is 48.4 Å². The lowest BCUT2D eigenvalue weighted by molar-refractivity contribution is -0.139. The normalized spacial score (nSPS) is 11.9. The Balaban J connectivity index is 2.65. The molecule has 0 fully saturated rings. The number of aliphatic carboxylic acids is 1. The van der Waals surface area contributed by atoms with Gasteiger partial charge in [0.25, 0.3) is 0 Å². The van der Waals surface area contributed by atoms with E-state index in [0.29, 0.717) is 30.3 Å². The first kappa shape index (κ1) is 27.0. The maximum atomic E-state index is 12.2. The van der Waals surface area contributed by atoms with E-state index in [2.05, 4.69) is 12.2 Å². The summed E-state index contributed by atoms with van der Waals surface area (Å²) in [6, 6.07) is 4.88. The fourth-order valence-electron chi connectivity index (χ4n) is 3.13. The molecule has 0 bridgehead atoms. The highest BCUT2D eigenvalue weighted by Gasteiger charge is 2.17. The molecular weight excluding hydrogens is 414 g/mol. The Morgan fingerprint density at radius 1 is 1.16 bits per heavy atom. The van der Waals surface area contributed by atoms with Crippen LogP contribution < -0.4 is 14.8 Å². The zero-order chi connectivity index (χ0) is 23.9. The molecule has 0 radical (unpaired) electrons. The van der Waals surface area contributed by atoms with Gasteiger partial charge in [-0.3, -0.25) is 4.79 Å². The van der Waals surface area contributed by atoms with E-state index in [1.807, 2.05) is 13.8 Å². The minimum Gasteiger partial charge on any atom is -0.493 e. The molecule has 1 amide bonds. The third-order valence-electron chi connectivity index (χ3n) is 4.60. The van der Waals surface area contributed by atoms with Gasteiger partial charge in [-0.25, -0.2) is 9.59 Å². The van der Waals surface area contributed by atoms with E-state index in [4.69, 9.17) is 19.3 Å². The van der Waals surface area contributed by atoms with E-state index in [0.717, 1.165) is 19.3 Å². The van der Waals surface area contributed by atoms with Gasteiger partial charge in [0.1, 0.15) is 0 Å². The fraction of sp³-hybridized carbons (Fsp3) is 0.542. The molecule has 178 valence electrons. The largest absolute Gasteiger partial charge is 0.493 e. The minimum atomic E-state index is -0.902. The molecule has 1 rings (SSSR count). The third-order valence-corrected chi connectivity index (χ3v) is 4.60. The van der Waals surface area contributed by atoms with Crippen molar-refractivity contribution in [1.82, 2.24) is 5.32 Å². The molecule has 1 atom stereocenters. The summed E-state index contributed by atoms with van der Waals surface area (Å²) in [6.45, 7) is 6.68. The van der Waals surface area contributed by atoms with Gasteiger partial charge < -0.3 is 24.6 Å². The quantitative estimate of drug-likeness (QED) is 0.241. The monoisotopic (exact) mass is 449 g/mol. The molecule has 0 aliphatic heterocycles. The van der Waals surface area contributed by atoms with Crippen molar-refractivity contribution in [3.63, 3.8) is 0 Å². The number of hydrogen-bond acceptors (Lipinski definition) is 6. The summed E-state index contributed by atoms with van der Waals surface area (Å²) in [5.74, 6) is -0.661. The smallest absolute Gasteiger partial charge is 0.412 e. The highest BCUT2D eigenvalue weighted by atomic mass is 16.6. The molecule has 8 heteroatoms. The van der Waals surface area contributed by atoms with Crippen LogP contribution in [0.5, 0.6) is 11.5 Å². The van der Waals surface area contributed by atoms with E-state index in [1.165, 1.54) is 13.2 Å². The van der Waals surface area contributed by atoms with Gasteiger partial charge in [-0.1, -0.05) is 39.7 Å². The van der Waals surface area contributed by atoms with Gasteiger partial charge in [0.05, 0.1) is 13.7 Å². The second-order valence-corrected chi connectivity index (χ2v) is 7.98. The topological polar surface area (TPSA) is 111 Å². The van der Waals surface area contributed by atoms with Crippen LogP contribution in [0.15, 0.2) is 24.3 Å². The number of carbonyl (C=O) groups excluding carboxylic acids is 2. The molecule has 0 aromatic heterocycles. The fourth-order valence-corrected chi connectivity index (χ4v) is 3.13. The lowest BCUT2D eigenvalue weighted by atomic mass is 9.94. The molecule has 0 saturated carbocycles. The lowest BCUT2D eigenvalue weighted by Gasteiger charge is -2.18. The number of hydrogen-bond donors (Lipinski definition) is 2. The van der Waals surface area contributed by atoms with E-state index >= 15 is 0 Å². The molecule has 1 aromatic carbocycles. The van der Waals surface area contributed by atoms with Crippen molar-refractivity contribution in [3.05, 3.63) is 29.8 Å². The Morgan fingerprint density at radius 2 is 1.91 bits per heavy atom. The maximum Gasteiger partial charge on any atom is 0.412 e. The van der Waals surface area contributed by atoms with Crippen LogP contribution in [0.1, 0.15) is 58.4 Å². The number of carboxylic acids is 1. The Hall–Kier alpha value is -3.03. The first-order chi connectivity index (χ1) is 15.2. The molecule has 0 unspecified atom stereocenters. The van der Waals surface area contributed by atoms with Crippen LogP contribution in [0.3, 0.4) is 0 Å². The second-order valence-electron chi connectivity index (χ2n) is 7.98. The summed E-state index contributed by atoms with van der Waals surface area (Å²) < 4.78 is 15.7. The van der Waals surface area contributed by atoms with Crippen molar-refractivity contribution < 1.29 is 33.7 Å². The van der Waals surface area contributed by atoms with Crippen molar-refractivity contribution in [2.24, 2.45) is 11.8 Å². The van der Waals surface area contributed by atoms with Crippen LogP contribution in [0.2, 0.25) is 0 Å². The molecule has 1 aromatic rings. The number of benzene rings is 1. The first-order valence-corrected chi connectivity index (χ1v) is 11.0. The van der Waals surface area contributed by atoms with E-state index in [9.17, 15) is 14.4 Å². The summed E-state index contributed by atoms with van der Waals surface area (Å²) in [5, 5.41) is 11.7. The average Bonchev–Trinajstić information content (AvgIpc) is 2.73. The zero-order valence-electron chi connectivity index (χ0n) is 19.4. The van der Waals surface area contributed by atoms with E-state index in [-0.39, 0.29) is 24.6 Å². The molecular formula is C24H35NO7. The van der Waals surface area contributed by atoms with E-state index < -0.39 is 18.0 Å². The van der Waals surface area contributed by atoms with Crippen molar-refractivity contribution in [1.29, 1.82) is 0 Å². The summed E-state index contributed by atoms with van der Waals surface area (Å²) in [5.41, 5.74) is 0.679. The highest BCUT2D eigenvalue weighted by Crippen LogP contribution is 2.28. The van der Waals surface area contributed by atoms with Crippen LogP contribution in [-0.2, 0) is 14.3 Å². The molecule has 32 heavy (non-hydrogen) atoms. The molecule has 8 nitrogen and oxygen atoms in total. The maximum absolute atomic E-state index is 12.2. The Labute approximate surface area is 189 Å². The Kier molecular flexibility index (Phi) is 12.6. The Morgan fingerprint density at radius 3 is 2.53 bits per heavy atom.